The molecule has 0 bridgehead atoms. The van der Waals surface area contributed by atoms with Gasteiger partial charge in [-0.2, -0.15) is 0 Å². The third-order valence-electron chi connectivity index (χ3n) is 4.89. The molecule has 5 nitrogen and oxygen atoms in total. The average molecular weight is 436 g/mol. The minimum absolute atomic E-state index is 0.000814. The number of carbonyl (C=O) groups excluding carboxylic acids is 2. The van der Waals surface area contributed by atoms with Crippen LogP contribution in [-0.4, -0.2) is 43.9 Å². The largest absolute Gasteiger partial charge is 0.355 e. The van der Waals surface area contributed by atoms with Gasteiger partial charge in [0.15, 0.2) is 0 Å². The first-order valence-corrected chi connectivity index (χ1v) is 11.2. The highest BCUT2D eigenvalue weighted by Crippen LogP contribution is 2.23. The molecule has 3 aromatic rings. The first kappa shape index (κ1) is 22.7. The number of rotatable bonds is 9. The summed E-state index contributed by atoms with van der Waals surface area (Å²) >= 11 is 1.44. The topological polar surface area (TPSA) is 52.7 Å². The first-order chi connectivity index (χ1) is 14.9. The van der Waals surface area contributed by atoms with Crippen LogP contribution >= 0.6 is 11.3 Å². The predicted molar refractivity (Wildman–Crippen MR) is 128 cm³/mol. The van der Waals surface area contributed by atoms with Gasteiger partial charge in [-0.25, -0.2) is 0 Å². The van der Waals surface area contributed by atoms with Crippen LogP contribution in [0, 0.1) is 6.92 Å². The smallest absolute Gasteiger partial charge is 0.268 e. The van der Waals surface area contributed by atoms with Crippen molar-refractivity contribution in [2.75, 3.05) is 32.1 Å². The summed E-state index contributed by atoms with van der Waals surface area (Å²) in [6.07, 6.45) is 0.324. The predicted octanol–water partition coefficient (Wildman–Crippen LogP) is 4.12. The highest BCUT2D eigenvalue weighted by molar-refractivity contribution is 7.12. The summed E-state index contributed by atoms with van der Waals surface area (Å²) in [5, 5.41) is 4.84. The maximum absolute atomic E-state index is 13.2. The van der Waals surface area contributed by atoms with Crippen molar-refractivity contribution in [3.63, 3.8) is 0 Å². The van der Waals surface area contributed by atoms with Crippen molar-refractivity contribution in [3.8, 4) is 0 Å². The minimum Gasteiger partial charge on any atom is -0.355 e. The molecule has 0 saturated carbocycles. The minimum atomic E-state index is -0.0225. The van der Waals surface area contributed by atoms with E-state index in [0.717, 1.165) is 28.9 Å². The number of hydrogen-bond donors (Lipinski definition) is 1. The second-order valence-corrected chi connectivity index (χ2v) is 8.80. The molecule has 6 heteroatoms. The summed E-state index contributed by atoms with van der Waals surface area (Å²) in [6.45, 7) is 3.98. The molecule has 0 radical (unpaired) electrons. The van der Waals surface area contributed by atoms with E-state index in [2.05, 4.69) is 11.4 Å². The fourth-order valence-corrected chi connectivity index (χ4v) is 3.94. The van der Waals surface area contributed by atoms with Gasteiger partial charge in [0.2, 0.25) is 5.91 Å². The third kappa shape index (κ3) is 6.77. The standard InChI is InChI=1S/C25H29N3O2S/c1-19-6-4-7-21(16-19)18-28(25(30)23-8-5-15-31-23)22-11-9-20(10-12-22)17-24(29)26-13-14-27(2)3/h4-12,15-16H,13-14,17-18H2,1-3H3,(H,26,29). The van der Waals surface area contributed by atoms with Crippen molar-refractivity contribution in [1.82, 2.24) is 10.2 Å². The SMILES string of the molecule is Cc1cccc(CN(C(=O)c2cccs2)c2ccc(CC(=O)NCCN(C)C)cc2)c1. The molecule has 0 saturated heterocycles. The third-order valence-corrected chi connectivity index (χ3v) is 5.75. The number of thiophene rings is 1. The van der Waals surface area contributed by atoms with Gasteiger partial charge in [0, 0.05) is 18.8 Å². The van der Waals surface area contributed by atoms with Crippen molar-refractivity contribution >= 4 is 28.8 Å². The fraction of sp³-hybridized carbons (Fsp3) is 0.280. The lowest BCUT2D eigenvalue weighted by Gasteiger charge is -2.23. The van der Waals surface area contributed by atoms with E-state index in [-0.39, 0.29) is 11.8 Å². The summed E-state index contributed by atoms with van der Waals surface area (Å²) < 4.78 is 0. The van der Waals surface area contributed by atoms with Gasteiger partial charge in [0.05, 0.1) is 17.8 Å². The van der Waals surface area contributed by atoms with Crippen molar-refractivity contribution in [3.05, 3.63) is 87.6 Å². The zero-order chi connectivity index (χ0) is 22.2. The van der Waals surface area contributed by atoms with Crippen molar-refractivity contribution in [1.29, 1.82) is 0 Å². The quantitative estimate of drug-likeness (QED) is 0.550. The van der Waals surface area contributed by atoms with Gasteiger partial charge in [-0.1, -0.05) is 48.0 Å². The number of aryl methyl sites for hydroxylation is 1. The molecule has 2 amide bonds. The Morgan fingerprint density at radius 1 is 0.968 bits per heavy atom. The van der Waals surface area contributed by atoms with Crippen LogP contribution in [0.1, 0.15) is 26.4 Å². The number of anilines is 1. The molecule has 0 aliphatic heterocycles. The normalized spacial score (nSPS) is 10.8. The Morgan fingerprint density at radius 2 is 1.74 bits per heavy atom. The zero-order valence-electron chi connectivity index (χ0n) is 18.3. The number of amides is 2. The molecule has 0 aliphatic rings. The van der Waals surface area contributed by atoms with Crippen LogP contribution in [0.2, 0.25) is 0 Å². The summed E-state index contributed by atoms with van der Waals surface area (Å²) in [5.74, 6) is -0.0217. The molecular formula is C25H29N3O2S. The molecule has 0 spiro atoms. The van der Waals surface area contributed by atoms with Gasteiger partial charge < -0.3 is 15.1 Å². The van der Waals surface area contributed by atoms with E-state index in [4.69, 9.17) is 0 Å². The number of likely N-dealkylation sites (N-methyl/N-ethyl adjacent to an activating group) is 1. The van der Waals surface area contributed by atoms with Crippen LogP contribution in [0.4, 0.5) is 5.69 Å². The van der Waals surface area contributed by atoms with Crippen LogP contribution in [0.3, 0.4) is 0 Å². The van der Waals surface area contributed by atoms with Crippen LogP contribution in [-0.2, 0) is 17.8 Å². The average Bonchev–Trinajstić information content (AvgIpc) is 3.27. The fourth-order valence-electron chi connectivity index (χ4n) is 3.27. The molecule has 0 atom stereocenters. The van der Waals surface area contributed by atoms with Gasteiger partial charge in [-0.05, 0) is 55.7 Å². The Kier molecular flexibility index (Phi) is 7.98. The summed E-state index contributed by atoms with van der Waals surface area (Å²) in [6, 6.07) is 19.6. The van der Waals surface area contributed by atoms with E-state index >= 15 is 0 Å². The van der Waals surface area contributed by atoms with Crippen molar-refractivity contribution in [2.45, 2.75) is 19.9 Å². The summed E-state index contributed by atoms with van der Waals surface area (Å²) in [5.41, 5.74) is 3.98. The molecule has 2 aromatic carbocycles. The van der Waals surface area contributed by atoms with Gasteiger partial charge in [0.25, 0.3) is 5.91 Å². The van der Waals surface area contributed by atoms with E-state index in [1.54, 1.807) is 4.90 Å². The Labute approximate surface area is 188 Å². The molecule has 0 fully saturated rings. The van der Waals surface area contributed by atoms with Crippen molar-refractivity contribution < 1.29 is 9.59 Å². The number of hydrogen-bond acceptors (Lipinski definition) is 4. The molecule has 162 valence electrons. The molecule has 3 rings (SSSR count). The maximum atomic E-state index is 13.2. The number of nitrogens with one attached hydrogen (secondary N) is 1. The highest BCUT2D eigenvalue weighted by atomic mass is 32.1. The molecule has 31 heavy (non-hydrogen) atoms. The lowest BCUT2D eigenvalue weighted by atomic mass is 10.1. The maximum Gasteiger partial charge on any atom is 0.268 e. The van der Waals surface area contributed by atoms with Gasteiger partial charge in [-0.3, -0.25) is 9.59 Å². The molecule has 0 unspecified atom stereocenters. The Morgan fingerprint density at radius 3 is 2.39 bits per heavy atom. The lowest BCUT2D eigenvalue weighted by Crippen LogP contribution is -2.32. The van der Waals surface area contributed by atoms with E-state index in [0.29, 0.717) is 24.4 Å². The number of benzene rings is 2. The summed E-state index contributed by atoms with van der Waals surface area (Å²) in [7, 11) is 3.95. The Bertz CT molecular complexity index is 998. The second-order valence-electron chi connectivity index (χ2n) is 7.85. The monoisotopic (exact) mass is 435 g/mol. The Balaban J connectivity index is 1.74. The van der Waals surface area contributed by atoms with E-state index in [1.165, 1.54) is 11.3 Å². The van der Waals surface area contributed by atoms with Gasteiger partial charge in [0.1, 0.15) is 0 Å². The zero-order valence-corrected chi connectivity index (χ0v) is 19.1. The highest BCUT2D eigenvalue weighted by Gasteiger charge is 2.19. The lowest BCUT2D eigenvalue weighted by molar-refractivity contribution is -0.120. The van der Waals surface area contributed by atoms with Crippen molar-refractivity contribution in [2.24, 2.45) is 0 Å². The molecule has 1 N–H and O–H groups in total. The van der Waals surface area contributed by atoms with Gasteiger partial charge in [-0.15, -0.1) is 11.3 Å². The summed E-state index contributed by atoms with van der Waals surface area (Å²) in [4.78, 5) is 29.9. The first-order valence-electron chi connectivity index (χ1n) is 10.3. The molecule has 0 aliphatic carbocycles. The van der Waals surface area contributed by atoms with E-state index in [1.807, 2.05) is 85.9 Å². The molecule has 1 heterocycles. The van der Waals surface area contributed by atoms with Crippen LogP contribution < -0.4 is 10.2 Å². The second kappa shape index (κ2) is 10.9. The van der Waals surface area contributed by atoms with E-state index < -0.39 is 0 Å². The van der Waals surface area contributed by atoms with E-state index in [9.17, 15) is 9.59 Å². The van der Waals surface area contributed by atoms with Crippen LogP contribution in [0.15, 0.2) is 66.0 Å². The van der Waals surface area contributed by atoms with Gasteiger partial charge >= 0.3 is 0 Å². The number of carbonyl (C=O) groups is 2. The van der Waals surface area contributed by atoms with Crippen LogP contribution in [0.25, 0.3) is 0 Å². The number of nitrogens with zero attached hydrogens (tertiary/aromatic N) is 2. The Hall–Kier alpha value is -2.96. The molecule has 1 aromatic heterocycles. The van der Waals surface area contributed by atoms with Crippen LogP contribution in [0.5, 0.6) is 0 Å². The molecular weight excluding hydrogens is 406 g/mol.